The molecule has 26 heavy (non-hydrogen) atoms. The summed E-state index contributed by atoms with van der Waals surface area (Å²) in [6, 6.07) is 13.2. The van der Waals surface area contributed by atoms with Crippen LogP contribution in [-0.4, -0.2) is 34.6 Å². The van der Waals surface area contributed by atoms with Gasteiger partial charge >= 0.3 is 0 Å². The molecule has 0 amide bonds. The van der Waals surface area contributed by atoms with E-state index in [-0.39, 0.29) is 11.3 Å². The zero-order valence-electron chi connectivity index (χ0n) is 14.6. The van der Waals surface area contributed by atoms with E-state index in [0.29, 0.717) is 10.8 Å². The summed E-state index contributed by atoms with van der Waals surface area (Å²) in [6.45, 7) is 3.40. The van der Waals surface area contributed by atoms with Gasteiger partial charge in [-0.3, -0.25) is 9.69 Å². The van der Waals surface area contributed by atoms with Gasteiger partial charge in [0.05, 0.1) is 5.39 Å². The molecule has 0 unspecified atom stereocenters. The lowest BCUT2D eigenvalue weighted by Gasteiger charge is -2.10. The van der Waals surface area contributed by atoms with Crippen molar-refractivity contribution in [3.05, 3.63) is 70.7 Å². The molecule has 2 N–H and O–H groups in total. The van der Waals surface area contributed by atoms with Crippen molar-refractivity contribution in [3.63, 3.8) is 0 Å². The van der Waals surface area contributed by atoms with Crippen LogP contribution in [0.5, 0.6) is 5.75 Å². The Morgan fingerprint density at radius 3 is 2.62 bits per heavy atom. The van der Waals surface area contributed by atoms with Gasteiger partial charge < -0.3 is 10.1 Å². The Kier molecular flexibility index (Phi) is 4.59. The summed E-state index contributed by atoms with van der Waals surface area (Å²) in [5.74, 6) is 0.123. The molecule has 0 saturated carbocycles. The van der Waals surface area contributed by atoms with Gasteiger partial charge in [0, 0.05) is 23.7 Å². The lowest BCUT2D eigenvalue weighted by Crippen LogP contribution is -2.18. The molecule has 4 nitrogen and oxygen atoms in total. The van der Waals surface area contributed by atoms with Crippen LogP contribution in [0, 0.1) is 0 Å². The van der Waals surface area contributed by atoms with E-state index in [1.165, 1.54) is 25.9 Å². The number of phenols is 1. The Bertz CT molecular complexity index is 997. The number of H-pyrrole nitrogens is 1. The maximum atomic E-state index is 12.0. The molecule has 0 spiro atoms. The van der Waals surface area contributed by atoms with Crippen molar-refractivity contribution in [1.29, 1.82) is 0 Å². The second-order valence-corrected chi connectivity index (χ2v) is 6.76. The summed E-state index contributed by atoms with van der Waals surface area (Å²) in [5, 5.41) is 11.3. The van der Waals surface area contributed by atoms with Gasteiger partial charge in [0.1, 0.15) is 5.75 Å². The summed E-state index contributed by atoms with van der Waals surface area (Å²) < 4.78 is 0. The number of nitrogens with one attached hydrogen (secondary N) is 1. The molecule has 0 bridgehead atoms. The summed E-state index contributed by atoms with van der Waals surface area (Å²) in [6.07, 6.45) is 8.64. The topological polar surface area (TPSA) is 56.3 Å². The monoisotopic (exact) mass is 346 g/mol. The Labute approximate surface area is 152 Å². The van der Waals surface area contributed by atoms with E-state index in [4.69, 9.17) is 0 Å². The first-order valence-corrected chi connectivity index (χ1v) is 9.05. The first-order chi connectivity index (χ1) is 12.7. The lowest BCUT2D eigenvalue weighted by molar-refractivity contribution is 0.378. The van der Waals surface area contributed by atoms with Gasteiger partial charge in [0.2, 0.25) is 0 Å². The number of pyridine rings is 1. The quantitative estimate of drug-likeness (QED) is 0.750. The molecule has 0 aliphatic carbocycles. The van der Waals surface area contributed by atoms with Crippen molar-refractivity contribution >= 4 is 16.8 Å². The molecule has 0 atom stereocenters. The van der Waals surface area contributed by atoms with Gasteiger partial charge in [-0.2, -0.15) is 0 Å². The first kappa shape index (κ1) is 16.6. The molecule has 4 heteroatoms. The van der Waals surface area contributed by atoms with Crippen molar-refractivity contribution in [2.75, 3.05) is 19.6 Å². The average molecular weight is 346 g/mol. The maximum Gasteiger partial charge on any atom is 0.255 e. The standard InChI is InChI=1S/C22H22N2O2/c25-20-7-3-6-18-21(20)19(15-23-22(18)26)17-10-8-16(9-11-17)5-4-14-24-12-1-2-13-24/h3-11,15,25H,1-2,12-14H2,(H,23,26)/b5-4+. The zero-order chi connectivity index (χ0) is 17.9. The van der Waals surface area contributed by atoms with Crippen LogP contribution in [-0.2, 0) is 0 Å². The molecule has 1 aromatic heterocycles. The normalized spacial score (nSPS) is 15.2. The molecular weight excluding hydrogens is 324 g/mol. The van der Waals surface area contributed by atoms with Gasteiger partial charge in [-0.05, 0) is 49.2 Å². The fraction of sp³-hybridized carbons (Fsp3) is 0.227. The Hall–Kier alpha value is -2.85. The van der Waals surface area contributed by atoms with E-state index in [2.05, 4.69) is 34.2 Å². The fourth-order valence-electron chi connectivity index (χ4n) is 3.60. The number of hydrogen-bond donors (Lipinski definition) is 2. The van der Waals surface area contributed by atoms with Gasteiger partial charge in [-0.25, -0.2) is 0 Å². The number of fused-ring (bicyclic) bond motifs is 1. The number of aromatic amines is 1. The van der Waals surface area contributed by atoms with Crippen LogP contribution < -0.4 is 5.56 Å². The number of likely N-dealkylation sites (tertiary alicyclic amines) is 1. The summed E-state index contributed by atoms with van der Waals surface area (Å²) in [7, 11) is 0. The van der Waals surface area contributed by atoms with Crippen LogP contribution in [0.25, 0.3) is 28.0 Å². The third kappa shape index (κ3) is 3.28. The summed E-state index contributed by atoms with van der Waals surface area (Å²) in [5.41, 5.74) is 2.74. The number of nitrogens with zero attached hydrogens (tertiary/aromatic N) is 1. The largest absolute Gasteiger partial charge is 0.507 e. The predicted molar refractivity (Wildman–Crippen MR) is 106 cm³/mol. The van der Waals surface area contributed by atoms with E-state index in [1.807, 2.05) is 12.1 Å². The van der Waals surface area contributed by atoms with E-state index in [9.17, 15) is 9.90 Å². The average Bonchev–Trinajstić information content (AvgIpc) is 3.17. The number of rotatable bonds is 4. The highest BCUT2D eigenvalue weighted by Gasteiger charge is 2.11. The van der Waals surface area contributed by atoms with Gasteiger partial charge in [0.25, 0.3) is 5.56 Å². The van der Waals surface area contributed by atoms with Gasteiger partial charge in [-0.1, -0.05) is 42.5 Å². The summed E-state index contributed by atoms with van der Waals surface area (Å²) in [4.78, 5) is 17.2. The molecule has 3 aromatic rings. The summed E-state index contributed by atoms with van der Waals surface area (Å²) >= 11 is 0. The van der Waals surface area contributed by atoms with Crippen molar-refractivity contribution < 1.29 is 5.11 Å². The second kappa shape index (κ2) is 7.18. The molecule has 4 rings (SSSR count). The van der Waals surface area contributed by atoms with Crippen LogP contribution in [0.1, 0.15) is 18.4 Å². The molecule has 1 saturated heterocycles. The van der Waals surface area contributed by atoms with Crippen LogP contribution in [0.4, 0.5) is 0 Å². The van der Waals surface area contributed by atoms with E-state index >= 15 is 0 Å². The number of hydrogen-bond acceptors (Lipinski definition) is 3. The van der Waals surface area contributed by atoms with E-state index in [1.54, 1.807) is 24.4 Å². The van der Waals surface area contributed by atoms with Crippen LogP contribution in [0.3, 0.4) is 0 Å². The molecule has 1 aliphatic heterocycles. The molecule has 132 valence electrons. The minimum Gasteiger partial charge on any atom is -0.507 e. The minimum atomic E-state index is -0.193. The Balaban J connectivity index is 1.61. The highest BCUT2D eigenvalue weighted by Crippen LogP contribution is 2.32. The lowest BCUT2D eigenvalue weighted by atomic mass is 9.99. The Morgan fingerprint density at radius 1 is 1.08 bits per heavy atom. The van der Waals surface area contributed by atoms with E-state index < -0.39 is 0 Å². The number of aromatic hydroxyl groups is 1. The SMILES string of the molecule is O=c1[nH]cc(-c2ccc(/C=C/CN3CCCC3)cc2)c2c(O)cccc12. The van der Waals surface area contributed by atoms with Crippen molar-refractivity contribution in [1.82, 2.24) is 9.88 Å². The van der Waals surface area contributed by atoms with Crippen molar-refractivity contribution in [2.24, 2.45) is 0 Å². The first-order valence-electron chi connectivity index (χ1n) is 9.05. The number of phenolic OH excluding ortho intramolecular Hbond substituents is 1. The van der Waals surface area contributed by atoms with Gasteiger partial charge in [0.15, 0.2) is 0 Å². The van der Waals surface area contributed by atoms with Crippen molar-refractivity contribution in [3.8, 4) is 16.9 Å². The highest BCUT2D eigenvalue weighted by molar-refractivity contribution is 5.99. The molecule has 1 aliphatic rings. The number of benzene rings is 2. The molecule has 2 aromatic carbocycles. The molecule has 0 radical (unpaired) electrons. The van der Waals surface area contributed by atoms with Crippen molar-refractivity contribution in [2.45, 2.75) is 12.8 Å². The number of aromatic nitrogens is 1. The van der Waals surface area contributed by atoms with Crippen LogP contribution >= 0.6 is 0 Å². The van der Waals surface area contributed by atoms with E-state index in [0.717, 1.165) is 23.2 Å². The van der Waals surface area contributed by atoms with Gasteiger partial charge in [-0.15, -0.1) is 0 Å². The smallest absolute Gasteiger partial charge is 0.255 e. The molecular formula is C22H22N2O2. The third-order valence-electron chi connectivity index (χ3n) is 5.00. The third-order valence-corrected chi connectivity index (χ3v) is 5.00. The zero-order valence-corrected chi connectivity index (χ0v) is 14.6. The minimum absolute atomic E-state index is 0.123. The van der Waals surface area contributed by atoms with Crippen LogP contribution in [0.15, 0.2) is 59.5 Å². The van der Waals surface area contributed by atoms with Crippen LogP contribution in [0.2, 0.25) is 0 Å². The molecule has 1 fully saturated rings. The second-order valence-electron chi connectivity index (χ2n) is 6.76. The predicted octanol–water partition coefficient (Wildman–Crippen LogP) is 4.01. The maximum absolute atomic E-state index is 12.0. The fourth-order valence-corrected chi connectivity index (χ4v) is 3.60. The molecule has 2 heterocycles. The Morgan fingerprint density at radius 2 is 1.85 bits per heavy atom. The highest BCUT2D eigenvalue weighted by atomic mass is 16.3.